The van der Waals surface area contributed by atoms with Crippen LogP contribution in [0, 0.1) is 0 Å². The van der Waals surface area contributed by atoms with Crippen LogP contribution < -0.4 is 14.4 Å². The van der Waals surface area contributed by atoms with E-state index in [0.29, 0.717) is 43.1 Å². The van der Waals surface area contributed by atoms with Crippen molar-refractivity contribution in [3.05, 3.63) is 56.9 Å². The van der Waals surface area contributed by atoms with Gasteiger partial charge in [-0.25, -0.2) is 0 Å². The number of thioether (sulfide) groups is 1. The average Bonchev–Trinajstić information content (AvgIpc) is 2.91. The molecule has 0 bridgehead atoms. The minimum atomic E-state index is -0.211. The molecule has 27 heavy (non-hydrogen) atoms. The molecule has 1 saturated heterocycles. The lowest BCUT2D eigenvalue weighted by Gasteiger charge is -2.15. The summed E-state index contributed by atoms with van der Waals surface area (Å²) in [6.45, 7) is 2.41. The largest absolute Gasteiger partial charge is 0.493 e. The first kappa shape index (κ1) is 20.0. The molecule has 0 N–H and O–H groups in total. The van der Waals surface area contributed by atoms with Gasteiger partial charge in [-0.2, -0.15) is 0 Å². The average molecular weight is 440 g/mol. The molecule has 0 unspecified atom stereocenters. The molecule has 8 heteroatoms. The summed E-state index contributed by atoms with van der Waals surface area (Å²) in [5.41, 5.74) is 1.40. The number of anilines is 1. The van der Waals surface area contributed by atoms with Crippen molar-refractivity contribution in [1.29, 1.82) is 0 Å². The van der Waals surface area contributed by atoms with Crippen molar-refractivity contribution in [2.45, 2.75) is 6.92 Å². The Morgan fingerprint density at radius 2 is 1.93 bits per heavy atom. The molecule has 0 aromatic heterocycles. The van der Waals surface area contributed by atoms with Crippen molar-refractivity contribution in [3.63, 3.8) is 0 Å². The topological polar surface area (TPSA) is 38.8 Å². The second-order valence-corrected chi connectivity index (χ2v) is 7.95. The number of carbonyl (C=O) groups is 1. The van der Waals surface area contributed by atoms with E-state index in [0.717, 1.165) is 5.56 Å². The first-order valence-corrected chi connectivity index (χ1v) is 9.96. The summed E-state index contributed by atoms with van der Waals surface area (Å²) in [6, 6.07) is 10.5. The highest BCUT2D eigenvalue weighted by atomic mass is 35.5. The minimum Gasteiger partial charge on any atom is -0.493 e. The van der Waals surface area contributed by atoms with Crippen molar-refractivity contribution in [2.24, 2.45) is 0 Å². The van der Waals surface area contributed by atoms with Crippen LogP contribution in [0.4, 0.5) is 5.69 Å². The molecule has 4 nitrogen and oxygen atoms in total. The number of halogens is 2. The van der Waals surface area contributed by atoms with Crippen LogP contribution in [0.15, 0.2) is 41.3 Å². The predicted octanol–water partition coefficient (Wildman–Crippen LogP) is 5.81. The van der Waals surface area contributed by atoms with Gasteiger partial charge in [0.1, 0.15) is 0 Å². The fraction of sp³-hybridized carbons (Fsp3) is 0.158. The van der Waals surface area contributed by atoms with Gasteiger partial charge in [-0.15, -0.1) is 0 Å². The van der Waals surface area contributed by atoms with Crippen LogP contribution in [0.25, 0.3) is 6.08 Å². The van der Waals surface area contributed by atoms with Crippen molar-refractivity contribution in [3.8, 4) is 11.5 Å². The molecule has 0 spiro atoms. The number of rotatable bonds is 5. The number of methoxy groups -OCH3 is 1. The maximum atomic E-state index is 12.9. The zero-order valence-electron chi connectivity index (χ0n) is 14.5. The molecule has 0 atom stereocenters. The van der Waals surface area contributed by atoms with E-state index in [-0.39, 0.29) is 5.91 Å². The smallest absolute Gasteiger partial charge is 0.270 e. The third kappa shape index (κ3) is 4.24. The highest BCUT2D eigenvalue weighted by Crippen LogP contribution is 2.38. The van der Waals surface area contributed by atoms with Gasteiger partial charge >= 0.3 is 0 Å². The van der Waals surface area contributed by atoms with Crippen molar-refractivity contribution in [1.82, 2.24) is 0 Å². The van der Waals surface area contributed by atoms with Gasteiger partial charge < -0.3 is 9.47 Å². The van der Waals surface area contributed by atoms with Gasteiger partial charge in [0.2, 0.25) is 0 Å². The third-order valence-electron chi connectivity index (χ3n) is 3.74. The Balaban J connectivity index is 1.92. The van der Waals surface area contributed by atoms with Crippen LogP contribution in [0.3, 0.4) is 0 Å². The van der Waals surface area contributed by atoms with E-state index in [2.05, 4.69) is 0 Å². The maximum absolute atomic E-state index is 12.9. The highest BCUT2D eigenvalue weighted by molar-refractivity contribution is 8.27. The van der Waals surface area contributed by atoms with Gasteiger partial charge in [0.15, 0.2) is 15.8 Å². The number of amides is 1. The number of benzene rings is 2. The van der Waals surface area contributed by atoms with Crippen LogP contribution in [-0.4, -0.2) is 23.9 Å². The molecule has 3 rings (SSSR count). The number of thiocarbonyl (C=S) groups is 1. The van der Waals surface area contributed by atoms with Gasteiger partial charge in [-0.05, 0) is 48.9 Å². The van der Waals surface area contributed by atoms with E-state index >= 15 is 0 Å². The molecule has 140 valence electrons. The number of ether oxygens (including phenoxy) is 2. The van der Waals surface area contributed by atoms with E-state index in [1.807, 2.05) is 19.1 Å². The molecular formula is C19H15Cl2NO3S2. The summed E-state index contributed by atoms with van der Waals surface area (Å²) in [7, 11) is 1.58. The molecule has 1 heterocycles. The number of carbonyl (C=O) groups excluding carboxylic acids is 1. The number of nitrogens with zero attached hydrogens (tertiary/aromatic N) is 1. The van der Waals surface area contributed by atoms with Gasteiger partial charge in [0.05, 0.1) is 34.4 Å². The molecule has 0 aliphatic carbocycles. The Hall–Kier alpha value is -1.73. The Labute approximate surface area is 177 Å². The molecular weight excluding hydrogens is 425 g/mol. The van der Waals surface area contributed by atoms with Gasteiger partial charge in [-0.1, -0.05) is 53.2 Å². The second-order valence-electron chi connectivity index (χ2n) is 5.46. The van der Waals surface area contributed by atoms with Crippen molar-refractivity contribution >= 4 is 69.2 Å². The maximum Gasteiger partial charge on any atom is 0.270 e. The predicted molar refractivity (Wildman–Crippen MR) is 116 cm³/mol. The van der Waals surface area contributed by atoms with Gasteiger partial charge in [0.25, 0.3) is 5.91 Å². The summed E-state index contributed by atoms with van der Waals surface area (Å²) in [5, 5.41) is 0.784. The molecule has 1 amide bonds. The summed E-state index contributed by atoms with van der Waals surface area (Å²) in [5.74, 6) is 1.04. The van der Waals surface area contributed by atoms with E-state index in [1.54, 1.807) is 37.5 Å². The van der Waals surface area contributed by atoms with Crippen LogP contribution >= 0.6 is 47.2 Å². The van der Waals surface area contributed by atoms with Gasteiger partial charge in [0, 0.05) is 0 Å². The minimum absolute atomic E-state index is 0.211. The SMILES string of the molecule is CCOc1cc(/C=C2\SC(=S)N(c3ccc(Cl)c(Cl)c3)C2=O)ccc1OC. The lowest BCUT2D eigenvalue weighted by Crippen LogP contribution is -2.27. The lowest BCUT2D eigenvalue weighted by molar-refractivity contribution is -0.113. The monoisotopic (exact) mass is 439 g/mol. The summed E-state index contributed by atoms with van der Waals surface area (Å²) in [6.07, 6.45) is 1.78. The summed E-state index contributed by atoms with van der Waals surface area (Å²) in [4.78, 5) is 14.8. The molecule has 2 aromatic rings. The van der Waals surface area contributed by atoms with E-state index < -0.39 is 0 Å². The Kier molecular flexibility index (Phi) is 6.32. The molecule has 0 saturated carbocycles. The standard InChI is InChI=1S/C19H15Cl2NO3S2/c1-3-25-16-8-11(4-7-15(16)24-2)9-17-18(23)22(19(26)27-17)12-5-6-13(20)14(21)10-12/h4-10H,3H2,1-2H3/b17-9-. The second kappa shape index (κ2) is 8.52. The Morgan fingerprint density at radius 3 is 2.59 bits per heavy atom. The number of hydrogen-bond acceptors (Lipinski definition) is 5. The van der Waals surface area contributed by atoms with Crippen molar-refractivity contribution in [2.75, 3.05) is 18.6 Å². The Bertz CT molecular complexity index is 947. The highest BCUT2D eigenvalue weighted by Gasteiger charge is 2.33. The van der Waals surface area contributed by atoms with E-state index in [4.69, 9.17) is 44.9 Å². The fourth-order valence-corrected chi connectivity index (χ4v) is 4.11. The summed E-state index contributed by atoms with van der Waals surface area (Å²) >= 11 is 18.6. The van der Waals surface area contributed by atoms with E-state index in [1.165, 1.54) is 16.7 Å². The molecule has 0 radical (unpaired) electrons. The zero-order chi connectivity index (χ0) is 19.6. The van der Waals surface area contributed by atoms with E-state index in [9.17, 15) is 4.79 Å². The fourth-order valence-electron chi connectivity index (χ4n) is 2.52. The number of hydrogen-bond donors (Lipinski definition) is 0. The summed E-state index contributed by atoms with van der Waals surface area (Å²) < 4.78 is 11.3. The zero-order valence-corrected chi connectivity index (χ0v) is 17.6. The molecule has 2 aromatic carbocycles. The molecule has 1 fully saturated rings. The first-order chi connectivity index (χ1) is 12.9. The Morgan fingerprint density at radius 1 is 1.15 bits per heavy atom. The normalized spacial score (nSPS) is 15.6. The third-order valence-corrected chi connectivity index (χ3v) is 5.78. The lowest BCUT2D eigenvalue weighted by atomic mass is 10.2. The molecule has 1 aliphatic rings. The van der Waals surface area contributed by atoms with Crippen LogP contribution in [0.1, 0.15) is 12.5 Å². The van der Waals surface area contributed by atoms with Crippen molar-refractivity contribution < 1.29 is 14.3 Å². The van der Waals surface area contributed by atoms with Crippen LogP contribution in [0.2, 0.25) is 10.0 Å². The van der Waals surface area contributed by atoms with Crippen LogP contribution in [0.5, 0.6) is 11.5 Å². The molecule has 1 aliphatic heterocycles. The van der Waals surface area contributed by atoms with Crippen LogP contribution in [-0.2, 0) is 4.79 Å². The quantitative estimate of drug-likeness (QED) is 0.434. The van der Waals surface area contributed by atoms with Gasteiger partial charge in [-0.3, -0.25) is 9.69 Å². The first-order valence-electron chi connectivity index (χ1n) is 7.98.